The molecule has 2 rings (SSSR count). The number of aryl methyl sites for hydroxylation is 1. The third-order valence-electron chi connectivity index (χ3n) is 4.73. The molecule has 7 nitrogen and oxygen atoms in total. The maximum Gasteiger partial charge on any atom is 0.281 e. The van der Waals surface area contributed by atoms with E-state index in [2.05, 4.69) is 5.32 Å². The first-order valence-electron chi connectivity index (χ1n) is 8.93. The van der Waals surface area contributed by atoms with Crippen molar-refractivity contribution in [2.24, 2.45) is 5.92 Å². The minimum Gasteiger partial charge on any atom is -0.496 e. The molecule has 1 heterocycles. The van der Waals surface area contributed by atoms with Gasteiger partial charge in [-0.05, 0) is 37.3 Å². The molecular weight excluding hydrogens is 354 g/mol. The number of methoxy groups -OCH3 is 1. The molecule has 0 aromatic heterocycles. The SMILES string of the molecule is COc1ccccc1CCCNC(=O)C1CCN(S(=O)(=O)N(C)C)CC1. The molecule has 0 spiro atoms. The quantitative estimate of drug-likeness (QED) is 0.686. The highest BCUT2D eigenvalue weighted by Crippen LogP contribution is 2.21. The largest absolute Gasteiger partial charge is 0.496 e. The maximum absolute atomic E-state index is 12.3. The number of amides is 1. The fraction of sp³-hybridized carbons (Fsp3) is 0.611. The average molecular weight is 384 g/mol. The van der Waals surface area contributed by atoms with E-state index >= 15 is 0 Å². The molecule has 8 heteroatoms. The zero-order valence-corrected chi connectivity index (χ0v) is 16.6. The summed E-state index contributed by atoms with van der Waals surface area (Å²) in [6.07, 6.45) is 2.79. The van der Waals surface area contributed by atoms with Gasteiger partial charge in [0.05, 0.1) is 7.11 Å². The molecule has 26 heavy (non-hydrogen) atoms. The summed E-state index contributed by atoms with van der Waals surface area (Å²) in [6, 6.07) is 7.88. The molecule has 1 aromatic carbocycles. The molecule has 0 aliphatic carbocycles. The number of nitrogens with zero attached hydrogens (tertiary/aromatic N) is 2. The molecule has 1 fully saturated rings. The summed E-state index contributed by atoms with van der Waals surface area (Å²) in [6.45, 7) is 1.38. The van der Waals surface area contributed by atoms with Crippen molar-refractivity contribution in [3.05, 3.63) is 29.8 Å². The van der Waals surface area contributed by atoms with Crippen LogP contribution in [0.2, 0.25) is 0 Å². The molecule has 1 aliphatic heterocycles. The Hall–Kier alpha value is -1.64. The van der Waals surface area contributed by atoms with E-state index in [-0.39, 0.29) is 11.8 Å². The monoisotopic (exact) mass is 383 g/mol. The Labute approximate surface area is 156 Å². The molecule has 1 amide bonds. The summed E-state index contributed by atoms with van der Waals surface area (Å²) >= 11 is 0. The second-order valence-electron chi connectivity index (χ2n) is 6.67. The number of para-hydroxylation sites is 1. The number of rotatable bonds is 8. The van der Waals surface area contributed by atoms with Crippen molar-refractivity contribution in [2.75, 3.05) is 40.8 Å². The Morgan fingerprint density at radius 2 is 1.92 bits per heavy atom. The van der Waals surface area contributed by atoms with Crippen molar-refractivity contribution in [3.63, 3.8) is 0 Å². The van der Waals surface area contributed by atoms with Crippen molar-refractivity contribution >= 4 is 16.1 Å². The number of ether oxygens (including phenoxy) is 1. The highest BCUT2D eigenvalue weighted by Gasteiger charge is 2.31. The van der Waals surface area contributed by atoms with Crippen LogP contribution in [0.3, 0.4) is 0 Å². The van der Waals surface area contributed by atoms with Gasteiger partial charge in [0.15, 0.2) is 0 Å². The molecule has 0 bridgehead atoms. The van der Waals surface area contributed by atoms with Gasteiger partial charge < -0.3 is 10.1 Å². The summed E-state index contributed by atoms with van der Waals surface area (Å²) in [5.41, 5.74) is 1.13. The predicted octanol–water partition coefficient (Wildman–Crippen LogP) is 1.26. The van der Waals surface area contributed by atoms with Crippen molar-refractivity contribution in [3.8, 4) is 5.75 Å². The Balaban J connectivity index is 1.73. The normalized spacial score (nSPS) is 16.6. The van der Waals surface area contributed by atoms with Crippen LogP contribution >= 0.6 is 0 Å². The lowest BCUT2D eigenvalue weighted by atomic mass is 9.97. The van der Waals surface area contributed by atoms with Crippen LogP contribution in [-0.4, -0.2) is 63.8 Å². The van der Waals surface area contributed by atoms with Gasteiger partial charge in [-0.2, -0.15) is 17.0 Å². The Morgan fingerprint density at radius 3 is 2.54 bits per heavy atom. The Bertz CT molecular complexity index is 698. The van der Waals surface area contributed by atoms with Crippen LogP contribution in [0.5, 0.6) is 5.75 Å². The minimum atomic E-state index is -3.38. The van der Waals surface area contributed by atoms with Gasteiger partial charge in [-0.1, -0.05) is 18.2 Å². The standard InChI is InChI=1S/C18H29N3O4S/c1-20(2)26(23,24)21-13-10-16(11-14-21)18(22)19-12-6-8-15-7-4-5-9-17(15)25-3/h4-5,7,9,16H,6,8,10-14H2,1-3H3,(H,19,22). The van der Waals surface area contributed by atoms with Crippen LogP contribution in [0.15, 0.2) is 24.3 Å². The lowest BCUT2D eigenvalue weighted by Crippen LogP contribution is -2.46. The van der Waals surface area contributed by atoms with E-state index in [0.29, 0.717) is 32.5 Å². The van der Waals surface area contributed by atoms with E-state index in [1.165, 1.54) is 22.7 Å². The number of nitrogens with one attached hydrogen (secondary N) is 1. The van der Waals surface area contributed by atoms with Gasteiger partial charge in [-0.3, -0.25) is 4.79 Å². The third kappa shape index (κ3) is 5.18. The van der Waals surface area contributed by atoms with E-state index in [1.54, 1.807) is 7.11 Å². The molecule has 1 aliphatic rings. The Morgan fingerprint density at radius 1 is 1.27 bits per heavy atom. The number of hydrogen-bond acceptors (Lipinski definition) is 4. The number of benzene rings is 1. The fourth-order valence-electron chi connectivity index (χ4n) is 3.12. The number of carbonyl (C=O) groups is 1. The van der Waals surface area contributed by atoms with Gasteiger partial charge in [0.2, 0.25) is 5.91 Å². The van der Waals surface area contributed by atoms with Crippen molar-refractivity contribution < 1.29 is 17.9 Å². The van der Waals surface area contributed by atoms with E-state index in [9.17, 15) is 13.2 Å². The summed E-state index contributed by atoms with van der Waals surface area (Å²) in [5.74, 6) is 0.773. The average Bonchev–Trinajstić information content (AvgIpc) is 2.65. The van der Waals surface area contributed by atoms with Crippen molar-refractivity contribution in [1.82, 2.24) is 13.9 Å². The highest BCUT2D eigenvalue weighted by molar-refractivity contribution is 7.86. The van der Waals surface area contributed by atoms with Gasteiger partial charge >= 0.3 is 0 Å². The Kier molecular flexibility index (Phi) is 7.43. The summed E-state index contributed by atoms with van der Waals surface area (Å²) in [5, 5.41) is 2.98. The molecule has 0 unspecified atom stereocenters. The summed E-state index contributed by atoms with van der Waals surface area (Å²) < 4.78 is 32.2. The fourth-order valence-corrected chi connectivity index (χ4v) is 4.26. The maximum atomic E-state index is 12.3. The number of carbonyl (C=O) groups excluding carboxylic acids is 1. The molecule has 0 saturated carbocycles. The summed E-state index contributed by atoms with van der Waals surface area (Å²) in [4.78, 5) is 12.3. The van der Waals surface area contributed by atoms with Gasteiger partial charge in [0.25, 0.3) is 10.2 Å². The van der Waals surface area contributed by atoms with Crippen LogP contribution < -0.4 is 10.1 Å². The topological polar surface area (TPSA) is 79.0 Å². The zero-order chi connectivity index (χ0) is 19.2. The first-order chi connectivity index (χ1) is 12.4. The van der Waals surface area contributed by atoms with Crippen molar-refractivity contribution in [2.45, 2.75) is 25.7 Å². The molecule has 0 radical (unpaired) electrons. The van der Waals surface area contributed by atoms with Crippen LogP contribution in [-0.2, 0) is 21.4 Å². The number of piperidine rings is 1. The molecule has 1 aromatic rings. The van der Waals surface area contributed by atoms with Gasteiger partial charge in [0.1, 0.15) is 5.75 Å². The predicted molar refractivity (Wildman–Crippen MR) is 101 cm³/mol. The zero-order valence-electron chi connectivity index (χ0n) is 15.8. The van der Waals surface area contributed by atoms with Crippen LogP contribution in [0.1, 0.15) is 24.8 Å². The van der Waals surface area contributed by atoms with E-state index in [0.717, 1.165) is 24.2 Å². The second kappa shape index (κ2) is 9.34. The lowest BCUT2D eigenvalue weighted by Gasteiger charge is -2.32. The van der Waals surface area contributed by atoms with E-state index in [4.69, 9.17) is 4.74 Å². The lowest BCUT2D eigenvalue weighted by molar-refractivity contribution is -0.126. The number of hydrogen-bond donors (Lipinski definition) is 1. The van der Waals surface area contributed by atoms with Crippen LogP contribution in [0.4, 0.5) is 0 Å². The summed E-state index contributed by atoms with van der Waals surface area (Å²) in [7, 11) is 1.32. The first kappa shape index (κ1) is 20.7. The van der Waals surface area contributed by atoms with E-state index in [1.807, 2.05) is 24.3 Å². The smallest absolute Gasteiger partial charge is 0.281 e. The van der Waals surface area contributed by atoms with Gasteiger partial charge in [-0.15, -0.1) is 0 Å². The minimum absolute atomic E-state index is 0.0203. The molecule has 1 N–H and O–H groups in total. The first-order valence-corrected chi connectivity index (χ1v) is 10.3. The molecular formula is C18H29N3O4S. The molecule has 146 valence electrons. The highest BCUT2D eigenvalue weighted by atomic mass is 32.2. The third-order valence-corrected chi connectivity index (χ3v) is 6.67. The van der Waals surface area contributed by atoms with Crippen molar-refractivity contribution in [1.29, 1.82) is 0 Å². The van der Waals surface area contributed by atoms with Gasteiger partial charge in [0, 0.05) is 39.6 Å². The van der Waals surface area contributed by atoms with Gasteiger partial charge in [-0.25, -0.2) is 0 Å². The molecule has 0 atom stereocenters. The van der Waals surface area contributed by atoms with Crippen LogP contribution in [0.25, 0.3) is 0 Å². The van der Waals surface area contributed by atoms with Crippen LogP contribution in [0, 0.1) is 5.92 Å². The second-order valence-corrected chi connectivity index (χ2v) is 8.81. The molecule has 1 saturated heterocycles. The van der Waals surface area contributed by atoms with E-state index < -0.39 is 10.2 Å².